The summed E-state index contributed by atoms with van der Waals surface area (Å²) in [5, 5.41) is 0. The Kier molecular flexibility index (Phi) is 5.85. The van der Waals surface area contributed by atoms with Crippen LogP contribution in [0.2, 0.25) is 6.04 Å². The van der Waals surface area contributed by atoms with Crippen LogP contribution in [0.4, 0.5) is 0 Å². The van der Waals surface area contributed by atoms with E-state index < -0.39 is 0 Å². The van der Waals surface area contributed by atoms with E-state index in [2.05, 4.69) is 6.58 Å². The summed E-state index contributed by atoms with van der Waals surface area (Å²) in [6, 6.07) is 1.12. The highest BCUT2D eigenvalue weighted by molar-refractivity contribution is 6.41. The molecule has 0 N–H and O–H groups in total. The van der Waals surface area contributed by atoms with Gasteiger partial charge in [-0.1, -0.05) is 0 Å². The molecule has 0 heterocycles. The maximum atomic E-state index is 4.80. The van der Waals surface area contributed by atoms with Crippen LogP contribution in [0, 0.1) is 0 Å². The van der Waals surface area contributed by atoms with Gasteiger partial charge in [0.25, 0.3) is 0 Å². The number of methoxy groups -OCH3 is 1. The number of hydrogen-bond acceptors (Lipinski definition) is 1. The van der Waals surface area contributed by atoms with Crippen molar-refractivity contribution in [1.82, 2.24) is 0 Å². The Morgan fingerprint density at radius 3 is 3.00 bits per heavy atom. The van der Waals surface area contributed by atoms with E-state index in [-0.39, 0.29) is 0 Å². The van der Waals surface area contributed by atoms with Crippen molar-refractivity contribution in [2.45, 2.75) is 6.04 Å². The highest BCUT2D eigenvalue weighted by Gasteiger charge is 1.78. The van der Waals surface area contributed by atoms with Crippen molar-refractivity contribution in [1.29, 1.82) is 0 Å². The van der Waals surface area contributed by atoms with Crippen molar-refractivity contribution in [3.05, 3.63) is 12.3 Å². The average Bonchev–Trinajstić information content (AvgIpc) is 1.69. The molecule has 0 rings (SSSR count). The third-order valence-corrected chi connectivity index (χ3v) is 1.38. The van der Waals surface area contributed by atoms with E-state index >= 15 is 0 Å². The monoisotopic (exact) mass is 114 g/mol. The molecule has 1 nitrogen and oxygen atoms in total. The molecule has 0 unspecified atom stereocenters. The van der Waals surface area contributed by atoms with E-state index in [0.29, 0.717) is 0 Å². The predicted molar refractivity (Wildman–Crippen MR) is 32.6 cm³/mol. The molecule has 0 aromatic carbocycles. The predicted octanol–water partition coefficient (Wildman–Crippen LogP) is 0.899. The molecule has 0 saturated heterocycles. The van der Waals surface area contributed by atoms with Crippen LogP contribution in [-0.4, -0.2) is 23.2 Å². The van der Waals surface area contributed by atoms with Crippen LogP contribution in [0.1, 0.15) is 0 Å². The standard InChI is InChI=1S/C5H10OSi/c1-3-7-5-4-6-2/h3H,1,4-5H2,2H3. The van der Waals surface area contributed by atoms with Gasteiger partial charge in [-0.3, -0.25) is 0 Å². The molecule has 0 aliphatic carbocycles. The lowest BCUT2D eigenvalue weighted by Gasteiger charge is -1.89. The van der Waals surface area contributed by atoms with E-state index in [0.717, 1.165) is 22.2 Å². The summed E-state index contributed by atoms with van der Waals surface area (Å²) in [7, 11) is 2.58. The van der Waals surface area contributed by atoms with Gasteiger partial charge in [-0.05, 0) is 6.04 Å². The van der Waals surface area contributed by atoms with E-state index in [4.69, 9.17) is 4.74 Å². The fourth-order valence-electron chi connectivity index (χ4n) is 0.263. The second-order valence-electron chi connectivity index (χ2n) is 1.15. The minimum atomic E-state index is 0.861. The summed E-state index contributed by atoms with van der Waals surface area (Å²) in [6.45, 7) is 4.45. The Hall–Kier alpha value is -0.0831. The van der Waals surface area contributed by atoms with Gasteiger partial charge in [0, 0.05) is 13.7 Å². The molecular weight excluding hydrogens is 104 g/mol. The molecule has 0 aromatic rings. The summed E-state index contributed by atoms with van der Waals surface area (Å²) in [6.07, 6.45) is 0. The summed E-state index contributed by atoms with van der Waals surface area (Å²) in [5.74, 6) is 0. The third kappa shape index (κ3) is 5.92. The van der Waals surface area contributed by atoms with Gasteiger partial charge in [-0.25, -0.2) is 0 Å². The van der Waals surface area contributed by atoms with Crippen LogP contribution in [0.3, 0.4) is 0 Å². The fraction of sp³-hybridized carbons (Fsp3) is 0.600. The van der Waals surface area contributed by atoms with Crippen LogP contribution < -0.4 is 0 Å². The van der Waals surface area contributed by atoms with E-state index in [1.54, 1.807) is 7.11 Å². The lowest BCUT2D eigenvalue weighted by Crippen LogP contribution is -1.91. The van der Waals surface area contributed by atoms with E-state index in [9.17, 15) is 0 Å². The molecule has 2 heteroatoms. The molecule has 0 saturated carbocycles. The molecule has 0 amide bonds. The van der Waals surface area contributed by atoms with E-state index in [1.807, 2.05) is 5.70 Å². The smallest absolute Gasteiger partial charge is 0.0718 e. The Morgan fingerprint density at radius 1 is 1.86 bits per heavy atom. The molecule has 40 valence electrons. The van der Waals surface area contributed by atoms with Gasteiger partial charge < -0.3 is 4.74 Å². The Bertz CT molecular complexity index is 45.3. The summed E-state index contributed by atoms with van der Waals surface area (Å²) < 4.78 is 4.80. The molecule has 0 aliphatic rings. The van der Waals surface area contributed by atoms with Crippen molar-refractivity contribution in [3.8, 4) is 0 Å². The van der Waals surface area contributed by atoms with E-state index in [1.165, 1.54) is 0 Å². The first kappa shape index (κ1) is 6.92. The zero-order valence-electron chi connectivity index (χ0n) is 4.61. The Balaban J connectivity index is 2.56. The van der Waals surface area contributed by atoms with Gasteiger partial charge in [0.1, 0.15) is 0 Å². The van der Waals surface area contributed by atoms with Crippen LogP contribution in [0.5, 0.6) is 0 Å². The minimum Gasteiger partial charge on any atom is -0.385 e. The highest BCUT2D eigenvalue weighted by atomic mass is 28.2. The summed E-state index contributed by atoms with van der Waals surface area (Å²) >= 11 is 0. The number of hydrogen-bond donors (Lipinski definition) is 0. The Morgan fingerprint density at radius 2 is 2.57 bits per heavy atom. The maximum absolute atomic E-state index is 4.80. The fourth-order valence-corrected chi connectivity index (χ4v) is 0.789. The second kappa shape index (κ2) is 5.92. The van der Waals surface area contributed by atoms with Crippen LogP contribution in [0.25, 0.3) is 0 Å². The molecule has 0 spiro atoms. The van der Waals surface area contributed by atoms with Gasteiger partial charge in [0.05, 0.1) is 9.52 Å². The van der Waals surface area contributed by atoms with Gasteiger partial charge in [-0.2, -0.15) is 0 Å². The SMILES string of the molecule is C=C[Si]CCOC. The average molecular weight is 114 g/mol. The zero-order valence-corrected chi connectivity index (χ0v) is 5.61. The van der Waals surface area contributed by atoms with Crippen molar-refractivity contribution in [2.24, 2.45) is 0 Å². The van der Waals surface area contributed by atoms with Gasteiger partial charge in [0.2, 0.25) is 0 Å². The number of ether oxygens (including phenoxy) is 1. The maximum Gasteiger partial charge on any atom is 0.0718 e. The van der Waals surface area contributed by atoms with Gasteiger partial charge in [0.15, 0.2) is 0 Å². The minimum absolute atomic E-state index is 0.861. The Labute approximate surface area is 47.2 Å². The first-order valence-corrected chi connectivity index (χ1v) is 3.53. The molecule has 0 aromatic heterocycles. The van der Waals surface area contributed by atoms with Crippen molar-refractivity contribution >= 4 is 9.52 Å². The quantitative estimate of drug-likeness (QED) is 0.390. The largest absolute Gasteiger partial charge is 0.385 e. The molecule has 0 aliphatic heterocycles. The first-order chi connectivity index (χ1) is 3.41. The van der Waals surface area contributed by atoms with Crippen molar-refractivity contribution < 1.29 is 4.74 Å². The number of rotatable bonds is 4. The lowest BCUT2D eigenvalue weighted by atomic mass is 10.9. The molecular formula is C5H10OSi. The topological polar surface area (TPSA) is 9.23 Å². The summed E-state index contributed by atoms with van der Waals surface area (Å²) in [4.78, 5) is 0. The van der Waals surface area contributed by atoms with Crippen LogP contribution in [-0.2, 0) is 4.74 Å². The van der Waals surface area contributed by atoms with Crippen molar-refractivity contribution in [3.63, 3.8) is 0 Å². The van der Waals surface area contributed by atoms with Crippen LogP contribution >= 0.6 is 0 Å². The third-order valence-electron chi connectivity index (χ3n) is 0.595. The molecule has 7 heavy (non-hydrogen) atoms. The molecule has 0 atom stereocenters. The highest BCUT2D eigenvalue weighted by Crippen LogP contribution is 1.77. The summed E-state index contributed by atoms with van der Waals surface area (Å²) in [5.41, 5.74) is 1.93. The second-order valence-corrected chi connectivity index (χ2v) is 2.47. The molecule has 2 radical (unpaired) electrons. The van der Waals surface area contributed by atoms with Gasteiger partial charge in [-0.15, -0.1) is 12.3 Å². The van der Waals surface area contributed by atoms with Gasteiger partial charge >= 0.3 is 0 Å². The zero-order chi connectivity index (χ0) is 5.54. The first-order valence-electron chi connectivity index (χ1n) is 2.25. The molecule has 0 fully saturated rings. The van der Waals surface area contributed by atoms with Crippen LogP contribution in [0.15, 0.2) is 12.3 Å². The van der Waals surface area contributed by atoms with Crippen molar-refractivity contribution in [2.75, 3.05) is 13.7 Å². The normalized spacial score (nSPS) is 8.71. The molecule has 0 bridgehead atoms. The lowest BCUT2D eigenvalue weighted by molar-refractivity contribution is 0.215.